The van der Waals surface area contributed by atoms with Crippen molar-refractivity contribution >= 4 is 10.8 Å². The molecule has 0 radical (unpaired) electrons. The zero-order valence-corrected chi connectivity index (χ0v) is 9.50. The molecule has 0 atom stereocenters. The Hall–Kier alpha value is -2.29. The van der Waals surface area contributed by atoms with Crippen LogP contribution in [0.3, 0.4) is 0 Å². The summed E-state index contributed by atoms with van der Waals surface area (Å²) in [5.74, 6) is 0.886. The number of nitrogens with zero attached hydrogens (tertiary/aromatic N) is 2. The van der Waals surface area contributed by atoms with Gasteiger partial charge in [0.1, 0.15) is 5.75 Å². The van der Waals surface area contributed by atoms with Gasteiger partial charge in [-0.2, -0.15) is 5.10 Å². The Morgan fingerprint density at radius 2 is 1.82 bits per heavy atom. The van der Waals surface area contributed by atoms with E-state index in [9.17, 15) is 0 Å². The standard InChI is InChI=1S/C14H12N2O/c1-17-14-8-3-5-11-12(14)6-2-7-13(11)16-10-4-9-15-16/h2-10H,1H3. The Kier molecular flexibility index (Phi) is 2.29. The molecule has 1 aromatic heterocycles. The molecule has 3 nitrogen and oxygen atoms in total. The summed E-state index contributed by atoms with van der Waals surface area (Å²) >= 11 is 0. The van der Waals surface area contributed by atoms with E-state index in [0.29, 0.717) is 0 Å². The molecule has 0 aliphatic rings. The van der Waals surface area contributed by atoms with Gasteiger partial charge in [0.15, 0.2) is 0 Å². The summed E-state index contributed by atoms with van der Waals surface area (Å²) in [6, 6.07) is 14.1. The van der Waals surface area contributed by atoms with Crippen molar-refractivity contribution in [3.05, 3.63) is 54.9 Å². The molecule has 0 saturated heterocycles. The van der Waals surface area contributed by atoms with Crippen molar-refractivity contribution in [2.24, 2.45) is 0 Å². The van der Waals surface area contributed by atoms with Gasteiger partial charge in [-0.25, -0.2) is 4.68 Å². The molecule has 0 aliphatic carbocycles. The predicted molar refractivity (Wildman–Crippen MR) is 67.6 cm³/mol. The number of fused-ring (bicyclic) bond motifs is 1. The van der Waals surface area contributed by atoms with Crippen molar-refractivity contribution in [3.63, 3.8) is 0 Å². The second-order valence-corrected chi connectivity index (χ2v) is 3.78. The topological polar surface area (TPSA) is 27.1 Å². The van der Waals surface area contributed by atoms with Gasteiger partial charge in [0.2, 0.25) is 0 Å². The van der Waals surface area contributed by atoms with E-state index in [1.165, 1.54) is 0 Å². The molecule has 84 valence electrons. The zero-order valence-electron chi connectivity index (χ0n) is 9.50. The van der Waals surface area contributed by atoms with E-state index >= 15 is 0 Å². The first-order valence-electron chi connectivity index (χ1n) is 5.46. The minimum Gasteiger partial charge on any atom is -0.496 e. The highest BCUT2D eigenvalue weighted by Crippen LogP contribution is 2.29. The number of aromatic nitrogens is 2. The Morgan fingerprint density at radius 3 is 2.59 bits per heavy atom. The van der Waals surface area contributed by atoms with Crippen LogP contribution in [0.4, 0.5) is 0 Å². The van der Waals surface area contributed by atoms with E-state index in [1.54, 1.807) is 13.3 Å². The van der Waals surface area contributed by atoms with Crippen molar-refractivity contribution in [2.75, 3.05) is 7.11 Å². The normalized spacial score (nSPS) is 10.6. The summed E-state index contributed by atoms with van der Waals surface area (Å²) in [4.78, 5) is 0. The zero-order chi connectivity index (χ0) is 11.7. The Morgan fingerprint density at radius 1 is 1.00 bits per heavy atom. The van der Waals surface area contributed by atoms with Gasteiger partial charge in [0, 0.05) is 23.2 Å². The van der Waals surface area contributed by atoms with Crippen molar-refractivity contribution < 1.29 is 4.74 Å². The quantitative estimate of drug-likeness (QED) is 0.669. The molecule has 0 bridgehead atoms. The molecule has 0 N–H and O–H groups in total. The highest BCUT2D eigenvalue weighted by Gasteiger charge is 2.06. The number of ether oxygens (including phenoxy) is 1. The van der Waals surface area contributed by atoms with Crippen LogP contribution in [0.25, 0.3) is 16.5 Å². The summed E-state index contributed by atoms with van der Waals surface area (Å²) in [6.07, 6.45) is 3.72. The molecule has 1 heterocycles. The minimum absolute atomic E-state index is 0.886. The lowest BCUT2D eigenvalue weighted by molar-refractivity contribution is 0.420. The van der Waals surface area contributed by atoms with Crippen LogP contribution in [0.15, 0.2) is 54.9 Å². The Balaban J connectivity index is 2.34. The van der Waals surface area contributed by atoms with Gasteiger partial charge in [-0.1, -0.05) is 24.3 Å². The molecular weight excluding hydrogens is 212 g/mol. The van der Waals surface area contributed by atoms with Crippen molar-refractivity contribution in [2.45, 2.75) is 0 Å². The van der Waals surface area contributed by atoms with E-state index in [0.717, 1.165) is 22.2 Å². The van der Waals surface area contributed by atoms with Gasteiger partial charge in [-0.15, -0.1) is 0 Å². The fourth-order valence-electron chi connectivity index (χ4n) is 2.05. The number of rotatable bonds is 2. The summed E-state index contributed by atoms with van der Waals surface area (Å²) in [5.41, 5.74) is 1.06. The molecule has 0 amide bonds. The highest BCUT2D eigenvalue weighted by molar-refractivity contribution is 5.94. The van der Waals surface area contributed by atoms with Crippen LogP contribution in [-0.2, 0) is 0 Å². The SMILES string of the molecule is COc1cccc2c(-n3cccn3)cccc12. The van der Waals surface area contributed by atoms with E-state index in [2.05, 4.69) is 23.3 Å². The summed E-state index contributed by atoms with van der Waals surface area (Å²) in [5, 5.41) is 6.50. The summed E-state index contributed by atoms with van der Waals surface area (Å²) < 4.78 is 7.23. The van der Waals surface area contributed by atoms with Gasteiger partial charge >= 0.3 is 0 Å². The smallest absolute Gasteiger partial charge is 0.126 e. The second kappa shape index (κ2) is 3.94. The van der Waals surface area contributed by atoms with Crippen LogP contribution in [0.1, 0.15) is 0 Å². The van der Waals surface area contributed by atoms with Crippen LogP contribution in [0, 0.1) is 0 Å². The average molecular weight is 224 g/mol. The van der Waals surface area contributed by atoms with E-state index in [4.69, 9.17) is 4.74 Å². The van der Waals surface area contributed by atoms with Crippen molar-refractivity contribution in [3.8, 4) is 11.4 Å². The molecule has 17 heavy (non-hydrogen) atoms. The Labute approximate surface area is 99.3 Å². The van der Waals surface area contributed by atoms with E-state index in [1.807, 2.05) is 35.1 Å². The highest BCUT2D eigenvalue weighted by atomic mass is 16.5. The molecule has 3 rings (SSSR count). The first-order chi connectivity index (χ1) is 8.40. The van der Waals surface area contributed by atoms with Crippen LogP contribution >= 0.6 is 0 Å². The molecule has 3 heteroatoms. The fourth-order valence-corrected chi connectivity index (χ4v) is 2.05. The summed E-state index contributed by atoms with van der Waals surface area (Å²) in [6.45, 7) is 0. The van der Waals surface area contributed by atoms with Crippen LogP contribution in [0.2, 0.25) is 0 Å². The van der Waals surface area contributed by atoms with Gasteiger partial charge in [0.05, 0.1) is 12.8 Å². The third-order valence-corrected chi connectivity index (χ3v) is 2.83. The lowest BCUT2D eigenvalue weighted by Gasteiger charge is -2.09. The number of benzene rings is 2. The van der Waals surface area contributed by atoms with Gasteiger partial charge in [-0.3, -0.25) is 0 Å². The molecular formula is C14H12N2O. The molecule has 0 spiro atoms. The largest absolute Gasteiger partial charge is 0.496 e. The van der Waals surface area contributed by atoms with Crippen LogP contribution in [-0.4, -0.2) is 16.9 Å². The lowest BCUT2D eigenvalue weighted by atomic mass is 10.1. The van der Waals surface area contributed by atoms with Gasteiger partial charge in [0.25, 0.3) is 0 Å². The maximum Gasteiger partial charge on any atom is 0.126 e. The van der Waals surface area contributed by atoms with Crippen LogP contribution in [0.5, 0.6) is 5.75 Å². The molecule has 3 aromatic rings. The Bertz CT molecular complexity index is 644. The second-order valence-electron chi connectivity index (χ2n) is 3.78. The predicted octanol–water partition coefficient (Wildman–Crippen LogP) is 3.03. The maximum atomic E-state index is 5.37. The minimum atomic E-state index is 0.886. The van der Waals surface area contributed by atoms with Crippen molar-refractivity contribution in [1.82, 2.24) is 9.78 Å². The van der Waals surface area contributed by atoms with E-state index in [-0.39, 0.29) is 0 Å². The molecule has 2 aromatic carbocycles. The molecule has 0 aliphatic heterocycles. The number of hydrogen-bond acceptors (Lipinski definition) is 2. The average Bonchev–Trinajstić information content (AvgIpc) is 2.91. The van der Waals surface area contributed by atoms with Crippen LogP contribution < -0.4 is 4.74 Å². The van der Waals surface area contributed by atoms with E-state index < -0.39 is 0 Å². The van der Waals surface area contributed by atoms with Gasteiger partial charge < -0.3 is 4.74 Å². The first kappa shape index (κ1) is 9.90. The van der Waals surface area contributed by atoms with Crippen molar-refractivity contribution in [1.29, 1.82) is 0 Å². The maximum absolute atomic E-state index is 5.37. The summed E-state index contributed by atoms with van der Waals surface area (Å²) in [7, 11) is 1.69. The monoisotopic (exact) mass is 224 g/mol. The molecule has 0 saturated carbocycles. The molecule has 0 fully saturated rings. The fraction of sp³-hybridized carbons (Fsp3) is 0.0714. The lowest BCUT2D eigenvalue weighted by Crippen LogP contribution is -1.95. The third-order valence-electron chi connectivity index (χ3n) is 2.83. The first-order valence-corrected chi connectivity index (χ1v) is 5.46. The van der Waals surface area contributed by atoms with Gasteiger partial charge in [-0.05, 0) is 18.2 Å². The third kappa shape index (κ3) is 1.56. The molecule has 0 unspecified atom stereocenters. The number of methoxy groups -OCH3 is 1. The number of hydrogen-bond donors (Lipinski definition) is 0.